The SMILES string of the molecule is Cc1c(I)cccc1NCc1ccn(C)n1. The first kappa shape index (κ1) is 11.4. The van der Waals surface area contributed by atoms with Crippen molar-refractivity contribution in [3.05, 3.63) is 45.3 Å². The number of aromatic nitrogens is 2. The minimum absolute atomic E-state index is 0.766. The van der Waals surface area contributed by atoms with Crippen LogP contribution in [0.3, 0.4) is 0 Å². The predicted molar refractivity (Wildman–Crippen MR) is 74.4 cm³/mol. The van der Waals surface area contributed by atoms with Gasteiger partial charge in [-0.1, -0.05) is 6.07 Å². The van der Waals surface area contributed by atoms with E-state index in [-0.39, 0.29) is 0 Å². The molecular formula is C12H14IN3. The molecule has 1 aromatic heterocycles. The normalized spacial score (nSPS) is 10.4. The van der Waals surface area contributed by atoms with E-state index >= 15 is 0 Å². The molecule has 0 atom stereocenters. The standard InChI is InChI=1S/C12H14IN3/c1-9-11(13)4-3-5-12(9)14-8-10-6-7-16(2)15-10/h3-7,14H,8H2,1-2H3. The van der Waals surface area contributed by atoms with E-state index in [9.17, 15) is 0 Å². The monoisotopic (exact) mass is 327 g/mol. The summed E-state index contributed by atoms with van der Waals surface area (Å²) < 4.78 is 3.10. The summed E-state index contributed by atoms with van der Waals surface area (Å²) in [6, 6.07) is 8.30. The van der Waals surface area contributed by atoms with Gasteiger partial charge in [0.15, 0.2) is 0 Å². The van der Waals surface area contributed by atoms with Gasteiger partial charge in [-0.25, -0.2) is 0 Å². The third kappa shape index (κ3) is 2.55. The highest BCUT2D eigenvalue weighted by atomic mass is 127. The zero-order chi connectivity index (χ0) is 11.5. The summed E-state index contributed by atoms with van der Waals surface area (Å²) in [6.45, 7) is 2.89. The first-order chi connectivity index (χ1) is 7.66. The van der Waals surface area contributed by atoms with Crippen LogP contribution in [0.25, 0.3) is 0 Å². The lowest BCUT2D eigenvalue weighted by atomic mass is 10.2. The zero-order valence-electron chi connectivity index (χ0n) is 9.37. The maximum Gasteiger partial charge on any atom is 0.0815 e. The van der Waals surface area contributed by atoms with Crippen LogP contribution >= 0.6 is 22.6 Å². The van der Waals surface area contributed by atoms with Crippen molar-refractivity contribution in [2.45, 2.75) is 13.5 Å². The maximum atomic E-state index is 4.33. The van der Waals surface area contributed by atoms with Gasteiger partial charge in [-0.05, 0) is 53.3 Å². The fraction of sp³-hybridized carbons (Fsp3) is 0.250. The molecule has 1 aromatic carbocycles. The van der Waals surface area contributed by atoms with Gasteiger partial charge in [0.2, 0.25) is 0 Å². The molecule has 84 valence electrons. The largest absolute Gasteiger partial charge is 0.379 e. The number of aryl methyl sites for hydroxylation is 1. The van der Waals surface area contributed by atoms with Crippen molar-refractivity contribution in [3.63, 3.8) is 0 Å². The number of hydrogen-bond donors (Lipinski definition) is 1. The number of benzene rings is 1. The van der Waals surface area contributed by atoms with Crippen LogP contribution in [0.4, 0.5) is 5.69 Å². The summed E-state index contributed by atoms with van der Waals surface area (Å²) in [4.78, 5) is 0. The number of anilines is 1. The molecule has 0 unspecified atom stereocenters. The lowest BCUT2D eigenvalue weighted by Crippen LogP contribution is -2.03. The zero-order valence-corrected chi connectivity index (χ0v) is 11.5. The van der Waals surface area contributed by atoms with Crippen LogP contribution in [-0.2, 0) is 13.6 Å². The van der Waals surface area contributed by atoms with Gasteiger partial charge in [-0.3, -0.25) is 4.68 Å². The molecule has 1 heterocycles. The minimum atomic E-state index is 0.766. The van der Waals surface area contributed by atoms with E-state index in [2.05, 4.69) is 58.1 Å². The van der Waals surface area contributed by atoms with Crippen LogP contribution in [0.5, 0.6) is 0 Å². The smallest absolute Gasteiger partial charge is 0.0815 e. The minimum Gasteiger partial charge on any atom is -0.379 e. The van der Waals surface area contributed by atoms with Crippen LogP contribution in [0.1, 0.15) is 11.3 Å². The average Bonchev–Trinajstić information content (AvgIpc) is 2.67. The summed E-state index contributed by atoms with van der Waals surface area (Å²) in [7, 11) is 1.93. The Morgan fingerprint density at radius 1 is 1.38 bits per heavy atom. The molecule has 0 bridgehead atoms. The molecular weight excluding hydrogens is 313 g/mol. The lowest BCUT2D eigenvalue weighted by molar-refractivity contribution is 0.747. The highest BCUT2D eigenvalue weighted by Gasteiger charge is 2.02. The van der Waals surface area contributed by atoms with Gasteiger partial charge in [0, 0.05) is 22.5 Å². The Balaban J connectivity index is 2.07. The van der Waals surface area contributed by atoms with Crippen molar-refractivity contribution in [2.75, 3.05) is 5.32 Å². The second-order valence-electron chi connectivity index (χ2n) is 3.75. The third-order valence-electron chi connectivity index (χ3n) is 2.50. The average molecular weight is 327 g/mol. The van der Waals surface area contributed by atoms with E-state index in [1.807, 2.05) is 24.0 Å². The fourth-order valence-corrected chi connectivity index (χ4v) is 2.04. The van der Waals surface area contributed by atoms with Crippen LogP contribution < -0.4 is 5.32 Å². The third-order valence-corrected chi connectivity index (χ3v) is 3.67. The molecule has 4 heteroatoms. The molecule has 0 aliphatic carbocycles. The molecule has 16 heavy (non-hydrogen) atoms. The van der Waals surface area contributed by atoms with Crippen molar-refractivity contribution in [1.29, 1.82) is 0 Å². The van der Waals surface area contributed by atoms with E-state index < -0.39 is 0 Å². The van der Waals surface area contributed by atoms with Crippen LogP contribution in [0.15, 0.2) is 30.5 Å². The molecule has 0 aliphatic rings. The molecule has 0 saturated carbocycles. The Kier molecular flexibility index (Phi) is 3.48. The number of hydrogen-bond acceptors (Lipinski definition) is 2. The van der Waals surface area contributed by atoms with Crippen molar-refractivity contribution in [2.24, 2.45) is 7.05 Å². The fourth-order valence-electron chi connectivity index (χ4n) is 1.54. The summed E-state index contributed by atoms with van der Waals surface area (Å²) in [5.41, 5.74) is 3.53. The molecule has 0 radical (unpaired) electrons. The molecule has 0 saturated heterocycles. The van der Waals surface area contributed by atoms with E-state index in [4.69, 9.17) is 0 Å². The Bertz CT molecular complexity index is 491. The highest BCUT2D eigenvalue weighted by Crippen LogP contribution is 2.20. The van der Waals surface area contributed by atoms with Crippen molar-refractivity contribution in [1.82, 2.24) is 9.78 Å². The topological polar surface area (TPSA) is 29.9 Å². The van der Waals surface area contributed by atoms with Crippen molar-refractivity contribution < 1.29 is 0 Å². The van der Waals surface area contributed by atoms with E-state index in [1.165, 1.54) is 14.8 Å². The maximum absolute atomic E-state index is 4.33. The van der Waals surface area contributed by atoms with Crippen LogP contribution in [0, 0.1) is 10.5 Å². The molecule has 0 spiro atoms. The highest BCUT2D eigenvalue weighted by molar-refractivity contribution is 14.1. The quantitative estimate of drug-likeness (QED) is 0.879. The van der Waals surface area contributed by atoms with E-state index in [0.717, 1.165) is 12.2 Å². The Hall–Kier alpha value is -1.04. The van der Waals surface area contributed by atoms with Crippen LogP contribution in [0.2, 0.25) is 0 Å². The molecule has 3 nitrogen and oxygen atoms in total. The van der Waals surface area contributed by atoms with E-state index in [0.29, 0.717) is 0 Å². The van der Waals surface area contributed by atoms with E-state index in [1.54, 1.807) is 0 Å². The lowest BCUT2D eigenvalue weighted by Gasteiger charge is -2.09. The molecule has 1 N–H and O–H groups in total. The Labute approximate surface area is 109 Å². The Morgan fingerprint density at radius 2 is 2.19 bits per heavy atom. The number of nitrogens with one attached hydrogen (secondary N) is 1. The second-order valence-corrected chi connectivity index (χ2v) is 4.91. The number of rotatable bonds is 3. The second kappa shape index (κ2) is 4.86. The predicted octanol–water partition coefficient (Wildman–Crippen LogP) is 2.95. The van der Waals surface area contributed by atoms with Gasteiger partial charge in [0.1, 0.15) is 0 Å². The van der Waals surface area contributed by atoms with Gasteiger partial charge in [-0.2, -0.15) is 5.10 Å². The summed E-state index contributed by atoms with van der Waals surface area (Å²) in [5.74, 6) is 0. The van der Waals surface area contributed by atoms with Gasteiger partial charge >= 0.3 is 0 Å². The first-order valence-corrected chi connectivity index (χ1v) is 6.22. The van der Waals surface area contributed by atoms with Gasteiger partial charge in [0.05, 0.1) is 12.2 Å². The molecule has 2 aromatic rings. The molecule has 2 rings (SSSR count). The van der Waals surface area contributed by atoms with Crippen LogP contribution in [-0.4, -0.2) is 9.78 Å². The number of nitrogens with zero attached hydrogens (tertiary/aromatic N) is 2. The summed E-state index contributed by atoms with van der Waals surface area (Å²) in [5, 5.41) is 7.73. The van der Waals surface area contributed by atoms with Gasteiger partial charge in [0.25, 0.3) is 0 Å². The molecule has 0 aliphatic heterocycles. The number of halogens is 1. The van der Waals surface area contributed by atoms with Gasteiger partial charge in [-0.15, -0.1) is 0 Å². The van der Waals surface area contributed by atoms with Crippen molar-refractivity contribution in [3.8, 4) is 0 Å². The van der Waals surface area contributed by atoms with Crippen molar-refractivity contribution >= 4 is 28.3 Å². The first-order valence-electron chi connectivity index (χ1n) is 5.14. The Morgan fingerprint density at radius 3 is 2.88 bits per heavy atom. The van der Waals surface area contributed by atoms with Gasteiger partial charge < -0.3 is 5.32 Å². The summed E-state index contributed by atoms with van der Waals surface area (Å²) >= 11 is 2.35. The summed E-state index contributed by atoms with van der Waals surface area (Å²) in [6.07, 6.45) is 1.96. The molecule has 0 amide bonds. The molecule has 0 fully saturated rings.